The SMILES string of the molecule is Cn1c(=O)c2ccc([C@H]3CCN(C(=O)c4cccnc4)C3)nc2n(Cc2ccccc2)c1=O. The number of nitrogens with zero attached hydrogens (tertiary/aromatic N) is 5. The van der Waals surface area contributed by atoms with Gasteiger partial charge in [-0.05, 0) is 36.2 Å². The van der Waals surface area contributed by atoms with Gasteiger partial charge in [-0.25, -0.2) is 9.78 Å². The molecule has 1 amide bonds. The monoisotopic (exact) mass is 441 g/mol. The molecule has 0 spiro atoms. The zero-order chi connectivity index (χ0) is 22.9. The van der Waals surface area contributed by atoms with Crippen molar-refractivity contribution in [3.05, 3.63) is 105 Å². The van der Waals surface area contributed by atoms with E-state index in [0.29, 0.717) is 36.2 Å². The first-order valence-corrected chi connectivity index (χ1v) is 10.9. The number of likely N-dealkylation sites (tertiary alicyclic amines) is 1. The number of carbonyl (C=O) groups excluding carboxylic acids is 1. The van der Waals surface area contributed by atoms with Gasteiger partial charge >= 0.3 is 5.69 Å². The Morgan fingerprint density at radius 1 is 1.06 bits per heavy atom. The highest BCUT2D eigenvalue weighted by Crippen LogP contribution is 2.28. The Morgan fingerprint density at radius 2 is 1.88 bits per heavy atom. The molecule has 166 valence electrons. The van der Waals surface area contributed by atoms with E-state index in [1.54, 1.807) is 40.1 Å². The molecule has 0 bridgehead atoms. The van der Waals surface area contributed by atoms with E-state index in [1.807, 2.05) is 36.4 Å². The van der Waals surface area contributed by atoms with Crippen molar-refractivity contribution >= 4 is 16.9 Å². The molecule has 8 heteroatoms. The molecule has 1 atom stereocenters. The van der Waals surface area contributed by atoms with Gasteiger partial charge in [-0.15, -0.1) is 0 Å². The lowest BCUT2D eigenvalue weighted by molar-refractivity contribution is 0.0790. The molecule has 0 radical (unpaired) electrons. The minimum Gasteiger partial charge on any atom is -0.338 e. The summed E-state index contributed by atoms with van der Waals surface area (Å²) in [4.78, 5) is 49.1. The van der Waals surface area contributed by atoms with Crippen LogP contribution in [-0.2, 0) is 13.6 Å². The van der Waals surface area contributed by atoms with Crippen LogP contribution < -0.4 is 11.2 Å². The lowest BCUT2D eigenvalue weighted by Crippen LogP contribution is -2.38. The molecule has 33 heavy (non-hydrogen) atoms. The second kappa shape index (κ2) is 8.46. The van der Waals surface area contributed by atoms with Crippen molar-refractivity contribution in [2.24, 2.45) is 7.05 Å². The quantitative estimate of drug-likeness (QED) is 0.484. The van der Waals surface area contributed by atoms with Gasteiger partial charge < -0.3 is 4.90 Å². The van der Waals surface area contributed by atoms with Crippen LogP contribution in [0.25, 0.3) is 11.0 Å². The number of pyridine rings is 2. The van der Waals surface area contributed by atoms with Gasteiger partial charge in [0.1, 0.15) is 5.65 Å². The molecule has 1 aliphatic rings. The van der Waals surface area contributed by atoms with Gasteiger partial charge in [0.25, 0.3) is 11.5 Å². The Morgan fingerprint density at radius 3 is 2.64 bits per heavy atom. The van der Waals surface area contributed by atoms with Gasteiger partial charge in [-0.2, -0.15) is 0 Å². The summed E-state index contributed by atoms with van der Waals surface area (Å²) in [5.74, 6) is -0.0272. The number of aromatic nitrogens is 4. The highest BCUT2D eigenvalue weighted by molar-refractivity contribution is 5.94. The van der Waals surface area contributed by atoms with Crippen molar-refractivity contribution in [1.29, 1.82) is 0 Å². The Kier molecular flexibility index (Phi) is 5.34. The van der Waals surface area contributed by atoms with E-state index in [4.69, 9.17) is 4.98 Å². The average Bonchev–Trinajstić information content (AvgIpc) is 3.36. The molecule has 4 aromatic rings. The third-order valence-electron chi connectivity index (χ3n) is 6.19. The zero-order valence-corrected chi connectivity index (χ0v) is 18.2. The fourth-order valence-corrected chi connectivity index (χ4v) is 4.37. The molecule has 1 aliphatic heterocycles. The molecule has 1 saturated heterocycles. The van der Waals surface area contributed by atoms with Crippen molar-refractivity contribution in [1.82, 2.24) is 24.0 Å². The summed E-state index contributed by atoms with van der Waals surface area (Å²) in [7, 11) is 1.48. The largest absolute Gasteiger partial charge is 0.338 e. The van der Waals surface area contributed by atoms with Crippen LogP contribution in [0.15, 0.2) is 76.6 Å². The predicted molar refractivity (Wildman–Crippen MR) is 124 cm³/mol. The molecule has 1 fully saturated rings. The Hall–Kier alpha value is -4.07. The van der Waals surface area contributed by atoms with E-state index in [0.717, 1.165) is 22.2 Å². The van der Waals surface area contributed by atoms with Crippen LogP contribution in [-0.4, -0.2) is 43.0 Å². The van der Waals surface area contributed by atoms with E-state index in [1.165, 1.54) is 7.05 Å². The Balaban J connectivity index is 1.51. The number of fused-ring (bicyclic) bond motifs is 1. The van der Waals surface area contributed by atoms with E-state index in [2.05, 4.69) is 4.98 Å². The maximum Gasteiger partial charge on any atom is 0.332 e. The van der Waals surface area contributed by atoms with E-state index >= 15 is 0 Å². The first-order chi connectivity index (χ1) is 16.0. The zero-order valence-electron chi connectivity index (χ0n) is 18.2. The molecular formula is C25H23N5O3. The summed E-state index contributed by atoms with van der Waals surface area (Å²) in [5, 5.41) is 0.401. The van der Waals surface area contributed by atoms with Crippen LogP contribution in [0, 0.1) is 0 Å². The first kappa shape index (κ1) is 20.8. The van der Waals surface area contributed by atoms with Crippen LogP contribution in [0.1, 0.15) is 34.0 Å². The molecule has 4 heterocycles. The highest BCUT2D eigenvalue weighted by atomic mass is 16.2. The maximum absolute atomic E-state index is 13.0. The summed E-state index contributed by atoms with van der Waals surface area (Å²) >= 11 is 0. The average molecular weight is 441 g/mol. The second-order valence-electron chi connectivity index (χ2n) is 8.30. The van der Waals surface area contributed by atoms with Crippen LogP contribution >= 0.6 is 0 Å². The topological polar surface area (TPSA) is 90.1 Å². The third-order valence-corrected chi connectivity index (χ3v) is 6.19. The van der Waals surface area contributed by atoms with Gasteiger partial charge in [-0.3, -0.25) is 23.7 Å². The van der Waals surface area contributed by atoms with E-state index in [9.17, 15) is 14.4 Å². The highest BCUT2D eigenvalue weighted by Gasteiger charge is 2.29. The number of carbonyl (C=O) groups is 1. The fraction of sp³-hybridized carbons (Fsp3) is 0.240. The Labute approximate surface area is 189 Å². The molecule has 0 unspecified atom stereocenters. The lowest BCUT2D eigenvalue weighted by atomic mass is 10.0. The summed E-state index contributed by atoms with van der Waals surface area (Å²) < 4.78 is 2.67. The predicted octanol–water partition coefficient (Wildman–Crippen LogP) is 2.17. The van der Waals surface area contributed by atoms with Crippen molar-refractivity contribution in [2.75, 3.05) is 13.1 Å². The summed E-state index contributed by atoms with van der Waals surface area (Å²) in [6.07, 6.45) is 3.97. The van der Waals surface area contributed by atoms with Gasteiger partial charge in [0.2, 0.25) is 0 Å². The second-order valence-corrected chi connectivity index (χ2v) is 8.30. The molecule has 3 aromatic heterocycles. The minimum atomic E-state index is -0.402. The summed E-state index contributed by atoms with van der Waals surface area (Å²) in [6, 6.07) is 16.7. The number of amides is 1. The number of rotatable bonds is 4. The number of benzene rings is 1. The van der Waals surface area contributed by atoms with Crippen molar-refractivity contribution in [3.8, 4) is 0 Å². The normalized spacial score (nSPS) is 15.8. The van der Waals surface area contributed by atoms with Gasteiger partial charge in [0.05, 0.1) is 17.5 Å². The van der Waals surface area contributed by atoms with E-state index < -0.39 is 5.69 Å². The number of hydrogen-bond acceptors (Lipinski definition) is 5. The standard InChI is InChI=1S/C25H23N5O3/c1-28-24(32)20-9-10-21(19-11-13-29(16-19)23(31)18-8-5-12-26-14-18)27-22(20)30(25(28)33)15-17-6-3-2-4-7-17/h2-10,12,14,19H,11,13,15-16H2,1H3/t19-/m0/s1. The van der Waals surface area contributed by atoms with Crippen molar-refractivity contribution in [2.45, 2.75) is 18.9 Å². The molecule has 5 rings (SSSR count). The van der Waals surface area contributed by atoms with E-state index in [-0.39, 0.29) is 17.4 Å². The minimum absolute atomic E-state index is 0.0272. The molecule has 1 aromatic carbocycles. The number of hydrogen-bond donors (Lipinski definition) is 0. The molecular weight excluding hydrogens is 418 g/mol. The van der Waals surface area contributed by atoms with Gasteiger partial charge in [0, 0.05) is 44.1 Å². The summed E-state index contributed by atoms with van der Waals surface area (Å²) in [5.41, 5.74) is 1.89. The fourth-order valence-electron chi connectivity index (χ4n) is 4.37. The third kappa shape index (κ3) is 3.84. The molecule has 0 N–H and O–H groups in total. The molecule has 0 saturated carbocycles. The van der Waals surface area contributed by atoms with Crippen molar-refractivity contribution < 1.29 is 4.79 Å². The molecule has 0 aliphatic carbocycles. The van der Waals surface area contributed by atoms with Crippen molar-refractivity contribution in [3.63, 3.8) is 0 Å². The summed E-state index contributed by atoms with van der Waals surface area (Å²) in [6.45, 7) is 1.46. The lowest BCUT2D eigenvalue weighted by Gasteiger charge is -2.17. The van der Waals surface area contributed by atoms with Crippen LogP contribution in [0.5, 0.6) is 0 Å². The van der Waals surface area contributed by atoms with Crippen LogP contribution in [0.2, 0.25) is 0 Å². The van der Waals surface area contributed by atoms with Crippen LogP contribution in [0.3, 0.4) is 0 Å². The first-order valence-electron chi connectivity index (χ1n) is 10.9. The van der Waals surface area contributed by atoms with Gasteiger partial charge in [0.15, 0.2) is 0 Å². The van der Waals surface area contributed by atoms with Crippen LogP contribution in [0.4, 0.5) is 0 Å². The smallest absolute Gasteiger partial charge is 0.332 e. The van der Waals surface area contributed by atoms with Gasteiger partial charge in [-0.1, -0.05) is 30.3 Å². The molecule has 8 nitrogen and oxygen atoms in total. The maximum atomic E-state index is 13.0. The Bertz CT molecular complexity index is 1440.